The van der Waals surface area contributed by atoms with Crippen LogP contribution in [0.1, 0.15) is 60.5 Å². The molecule has 0 spiro atoms. The molecule has 3 atom stereocenters. The van der Waals surface area contributed by atoms with E-state index in [1.54, 1.807) is 19.6 Å². The van der Waals surface area contributed by atoms with Crippen molar-refractivity contribution in [3.63, 3.8) is 0 Å². The average Bonchev–Trinajstić information content (AvgIpc) is 3.56. The predicted octanol–water partition coefficient (Wildman–Crippen LogP) is 5.24. The van der Waals surface area contributed by atoms with Crippen LogP contribution < -0.4 is 5.32 Å². The zero-order valence-electron chi connectivity index (χ0n) is 20.7. The van der Waals surface area contributed by atoms with Gasteiger partial charge in [-0.2, -0.15) is 0 Å². The SMILES string of the molecule is CO[C@H]1C[C@H](NC(=O)c2ncc(Cl)s2)C[C@H](n2c(CC(C)C)nc3cnc(-c4nc(C)co4)cc32)C1. The van der Waals surface area contributed by atoms with Crippen molar-refractivity contribution < 1.29 is 13.9 Å². The van der Waals surface area contributed by atoms with Crippen molar-refractivity contribution in [2.24, 2.45) is 5.92 Å². The van der Waals surface area contributed by atoms with E-state index in [1.807, 2.05) is 13.0 Å². The number of nitrogens with one attached hydrogen (secondary N) is 1. The summed E-state index contributed by atoms with van der Waals surface area (Å²) in [5.41, 5.74) is 3.27. The smallest absolute Gasteiger partial charge is 0.280 e. The van der Waals surface area contributed by atoms with Gasteiger partial charge in [0.05, 0.1) is 29.7 Å². The molecule has 1 fully saturated rings. The molecule has 4 aromatic heterocycles. The fourth-order valence-corrected chi connectivity index (χ4v) is 5.73. The van der Waals surface area contributed by atoms with Gasteiger partial charge in [-0.25, -0.2) is 19.9 Å². The molecule has 1 amide bonds. The van der Waals surface area contributed by atoms with Gasteiger partial charge in [0.25, 0.3) is 5.91 Å². The van der Waals surface area contributed by atoms with Gasteiger partial charge in [0.15, 0.2) is 5.01 Å². The number of rotatable bonds is 7. The maximum Gasteiger partial charge on any atom is 0.280 e. The Bertz CT molecular complexity index is 1380. The van der Waals surface area contributed by atoms with Crippen LogP contribution in [-0.4, -0.2) is 49.7 Å². The normalized spacial score (nSPS) is 20.3. The Morgan fingerprint density at radius 1 is 1.28 bits per heavy atom. The summed E-state index contributed by atoms with van der Waals surface area (Å²) in [6.45, 7) is 6.26. The van der Waals surface area contributed by atoms with E-state index in [0.29, 0.717) is 26.8 Å². The molecule has 0 saturated heterocycles. The number of amides is 1. The number of nitrogens with zero attached hydrogens (tertiary/aromatic N) is 5. The maximum atomic E-state index is 12.8. The van der Waals surface area contributed by atoms with E-state index >= 15 is 0 Å². The van der Waals surface area contributed by atoms with Crippen LogP contribution in [0.25, 0.3) is 22.6 Å². The highest BCUT2D eigenvalue weighted by atomic mass is 35.5. The molecule has 0 aromatic carbocycles. The Morgan fingerprint density at radius 3 is 2.78 bits per heavy atom. The van der Waals surface area contributed by atoms with Crippen molar-refractivity contribution in [3.8, 4) is 11.6 Å². The molecule has 190 valence electrons. The highest BCUT2D eigenvalue weighted by molar-refractivity contribution is 7.17. The van der Waals surface area contributed by atoms with Crippen LogP contribution >= 0.6 is 22.9 Å². The molecule has 11 heteroatoms. The lowest BCUT2D eigenvalue weighted by atomic mass is 9.88. The van der Waals surface area contributed by atoms with Gasteiger partial charge in [-0.05, 0) is 38.2 Å². The van der Waals surface area contributed by atoms with E-state index in [4.69, 9.17) is 25.7 Å². The first-order valence-electron chi connectivity index (χ1n) is 12.0. The van der Waals surface area contributed by atoms with Crippen molar-refractivity contribution in [3.05, 3.63) is 45.6 Å². The molecule has 1 N–H and O–H groups in total. The summed E-state index contributed by atoms with van der Waals surface area (Å²) in [4.78, 5) is 30.9. The highest BCUT2D eigenvalue weighted by Gasteiger charge is 2.33. The number of aromatic nitrogens is 5. The third kappa shape index (κ3) is 5.16. The van der Waals surface area contributed by atoms with E-state index in [-0.39, 0.29) is 24.1 Å². The highest BCUT2D eigenvalue weighted by Crippen LogP contribution is 2.36. The van der Waals surface area contributed by atoms with E-state index in [2.05, 4.69) is 38.7 Å². The van der Waals surface area contributed by atoms with Crippen LogP contribution in [0.4, 0.5) is 0 Å². The summed E-state index contributed by atoms with van der Waals surface area (Å²) >= 11 is 7.16. The summed E-state index contributed by atoms with van der Waals surface area (Å²) in [5, 5.41) is 3.51. The van der Waals surface area contributed by atoms with Gasteiger partial charge >= 0.3 is 0 Å². The van der Waals surface area contributed by atoms with E-state index < -0.39 is 0 Å². The van der Waals surface area contributed by atoms with Crippen LogP contribution in [0.15, 0.2) is 29.1 Å². The third-order valence-corrected chi connectivity index (χ3v) is 7.54. The Labute approximate surface area is 218 Å². The fraction of sp³-hybridized carbons (Fsp3) is 0.480. The third-order valence-electron chi connectivity index (χ3n) is 6.42. The van der Waals surface area contributed by atoms with Crippen molar-refractivity contribution in [2.45, 2.75) is 64.6 Å². The van der Waals surface area contributed by atoms with Gasteiger partial charge in [0, 0.05) is 25.6 Å². The molecular weight excluding hydrogens is 500 g/mol. The van der Waals surface area contributed by atoms with Gasteiger partial charge < -0.3 is 19.0 Å². The van der Waals surface area contributed by atoms with Crippen LogP contribution in [0, 0.1) is 12.8 Å². The molecule has 9 nitrogen and oxygen atoms in total. The van der Waals surface area contributed by atoms with Crippen molar-refractivity contribution in [1.82, 2.24) is 29.8 Å². The van der Waals surface area contributed by atoms with E-state index in [1.165, 1.54) is 17.5 Å². The number of methoxy groups -OCH3 is 1. The monoisotopic (exact) mass is 528 g/mol. The second-order valence-corrected chi connectivity index (χ2v) is 11.4. The Balaban J connectivity index is 1.51. The van der Waals surface area contributed by atoms with E-state index in [0.717, 1.165) is 48.2 Å². The summed E-state index contributed by atoms with van der Waals surface area (Å²) in [6, 6.07) is 2.00. The molecule has 5 rings (SSSR count). The van der Waals surface area contributed by atoms with Gasteiger partial charge in [-0.15, -0.1) is 0 Å². The number of carbonyl (C=O) groups is 1. The maximum absolute atomic E-state index is 12.8. The van der Waals surface area contributed by atoms with Crippen LogP contribution in [-0.2, 0) is 11.2 Å². The number of fused-ring (bicyclic) bond motifs is 1. The number of thiazole rings is 1. The zero-order chi connectivity index (χ0) is 25.4. The second-order valence-electron chi connectivity index (χ2n) is 9.71. The standard InChI is InChI=1S/C25H29ClN6O3S/c1-13(2)5-22-31-19-10-27-18(24-29-14(3)12-35-24)9-20(19)32(22)16-6-15(7-17(8-16)34-4)30-23(33)25-28-11-21(26)36-25/h9-13,15-17H,5-8H2,1-4H3,(H,30,33)/t15-,16+,17+/m1/s1. The number of halogens is 1. The molecule has 0 unspecified atom stereocenters. The topological polar surface area (TPSA) is 108 Å². The average molecular weight is 529 g/mol. The van der Waals surface area contributed by atoms with Crippen LogP contribution in [0.3, 0.4) is 0 Å². The first-order valence-corrected chi connectivity index (χ1v) is 13.2. The number of pyridine rings is 1. The zero-order valence-corrected chi connectivity index (χ0v) is 22.3. The predicted molar refractivity (Wildman–Crippen MR) is 138 cm³/mol. The Kier molecular flexibility index (Phi) is 7.09. The molecule has 1 aliphatic rings. The summed E-state index contributed by atoms with van der Waals surface area (Å²) in [7, 11) is 1.72. The number of hydrogen-bond acceptors (Lipinski definition) is 8. The summed E-state index contributed by atoms with van der Waals surface area (Å²) < 4.78 is 14.2. The molecular formula is C25H29ClN6O3S. The van der Waals surface area contributed by atoms with Crippen molar-refractivity contribution >= 4 is 39.9 Å². The number of imidazole rings is 1. The van der Waals surface area contributed by atoms with E-state index in [9.17, 15) is 4.79 Å². The van der Waals surface area contributed by atoms with Gasteiger partial charge in [-0.3, -0.25) is 4.79 Å². The molecule has 4 heterocycles. The van der Waals surface area contributed by atoms with Crippen LogP contribution in [0.2, 0.25) is 4.34 Å². The minimum absolute atomic E-state index is 0.00557. The quantitative estimate of drug-likeness (QED) is 0.349. The minimum Gasteiger partial charge on any atom is -0.443 e. The Morgan fingerprint density at radius 2 is 2.11 bits per heavy atom. The van der Waals surface area contributed by atoms with Gasteiger partial charge in [-0.1, -0.05) is 36.8 Å². The molecule has 0 radical (unpaired) electrons. The number of aryl methyl sites for hydroxylation is 1. The summed E-state index contributed by atoms with van der Waals surface area (Å²) in [6.07, 6.45) is 8.02. The molecule has 1 saturated carbocycles. The van der Waals surface area contributed by atoms with Gasteiger partial charge in [0.2, 0.25) is 5.89 Å². The lowest BCUT2D eigenvalue weighted by molar-refractivity contribution is 0.0390. The fourth-order valence-electron chi connectivity index (χ4n) is 4.92. The lowest BCUT2D eigenvalue weighted by Gasteiger charge is -2.36. The van der Waals surface area contributed by atoms with Crippen molar-refractivity contribution in [2.75, 3.05) is 7.11 Å². The molecule has 0 bridgehead atoms. The second kappa shape index (κ2) is 10.3. The van der Waals surface area contributed by atoms with Crippen LogP contribution in [0.5, 0.6) is 0 Å². The molecule has 0 aliphatic heterocycles. The largest absolute Gasteiger partial charge is 0.443 e. The van der Waals surface area contributed by atoms with Crippen molar-refractivity contribution in [1.29, 1.82) is 0 Å². The minimum atomic E-state index is -0.212. The number of hydrogen-bond donors (Lipinski definition) is 1. The first-order chi connectivity index (χ1) is 17.3. The molecule has 36 heavy (non-hydrogen) atoms. The molecule has 1 aliphatic carbocycles. The summed E-state index contributed by atoms with van der Waals surface area (Å²) in [5.74, 6) is 1.70. The molecule has 4 aromatic rings. The number of ether oxygens (including phenoxy) is 1. The first kappa shape index (κ1) is 24.9. The van der Waals surface area contributed by atoms with Gasteiger partial charge in [0.1, 0.15) is 27.6 Å². The lowest BCUT2D eigenvalue weighted by Crippen LogP contribution is -2.43. The number of carbonyl (C=O) groups excluding carboxylic acids is 1. The Hall–Kier alpha value is -2.82. The number of oxazole rings is 1.